The molecule has 0 aliphatic rings. The van der Waals surface area contributed by atoms with Crippen molar-refractivity contribution in [3.05, 3.63) is 35.9 Å². The second kappa shape index (κ2) is 5.66. The monoisotopic (exact) mass is 206 g/mol. The van der Waals surface area contributed by atoms with Crippen LogP contribution in [0, 0.1) is 11.8 Å². The fraction of sp³-hybridized carbons (Fsp3) is 0.462. The molecule has 0 saturated carbocycles. The van der Waals surface area contributed by atoms with Gasteiger partial charge >= 0.3 is 0 Å². The van der Waals surface area contributed by atoms with Crippen molar-refractivity contribution in [1.29, 1.82) is 0 Å². The van der Waals surface area contributed by atoms with E-state index in [-0.39, 0.29) is 11.8 Å². The highest BCUT2D eigenvalue weighted by molar-refractivity contribution is 5.55. The van der Waals surface area contributed by atoms with Crippen LogP contribution in [0.25, 0.3) is 0 Å². The van der Waals surface area contributed by atoms with Gasteiger partial charge in [-0.25, -0.2) is 0 Å². The summed E-state index contributed by atoms with van der Waals surface area (Å²) in [7, 11) is 0. The molecule has 1 aromatic rings. The Bertz CT molecular complexity index is 293. The standard InChI is InChI=1S/C13H18O2/c1-10(2)13(15)12(9-14)8-11-6-4-3-5-7-11/h3-7,9-10,12-13,15H,8H2,1-2H3/t12-,13+/m1/s1. The average molecular weight is 206 g/mol. The first-order valence-electron chi connectivity index (χ1n) is 5.32. The lowest BCUT2D eigenvalue weighted by atomic mass is 9.89. The number of carbonyl (C=O) groups excluding carboxylic acids is 1. The molecule has 1 aromatic carbocycles. The maximum atomic E-state index is 10.9. The minimum absolute atomic E-state index is 0.115. The molecule has 0 aromatic heterocycles. The van der Waals surface area contributed by atoms with Gasteiger partial charge < -0.3 is 9.90 Å². The summed E-state index contributed by atoms with van der Waals surface area (Å²) in [6.45, 7) is 3.85. The molecule has 0 heterocycles. The van der Waals surface area contributed by atoms with E-state index in [1.165, 1.54) is 0 Å². The molecule has 0 amide bonds. The molecule has 2 nitrogen and oxygen atoms in total. The predicted molar refractivity (Wildman–Crippen MR) is 60.5 cm³/mol. The van der Waals surface area contributed by atoms with E-state index in [0.717, 1.165) is 11.8 Å². The van der Waals surface area contributed by atoms with Gasteiger partial charge in [-0.05, 0) is 17.9 Å². The van der Waals surface area contributed by atoms with Gasteiger partial charge in [0.05, 0.1) is 6.10 Å². The molecule has 2 heteroatoms. The average Bonchev–Trinajstić information content (AvgIpc) is 2.26. The molecule has 0 unspecified atom stereocenters. The molecule has 0 bridgehead atoms. The lowest BCUT2D eigenvalue weighted by Gasteiger charge is -2.20. The largest absolute Gasteiger partial charge is 0.392 e. The molecule has 0 aliphatic carbocycles. The first kappa shape index (κ1) is 11.9. The third-order valence-electron chi connectivity index (χ3n) is 2.61. The number of benzene rings is 1. The molecule has 0 fully saturated rings. The van der Waals surface area contributed by atoms with E-state index in [2.05, 4.69) is 0 Å². The van der Waals surface area contributed by atoms with Crippen LogP contribution in [-0.4, -0.2) is 17.5 Å². The fourth-order valence-corrected chi connectivity index (χ4v) is 1.63. The second-order valence-corrected chi connectivity index (χ2v) is 4.22. The number of aliphatic hydroxyl groups is 1. The van der Waals surface area contributed by atoms with Crippen LogP contribution in [0.15, 0.2) is 30.3 Å². The topological polar surface area (TPSA) is 37.3 Å². The van der Waals surface area contributed by atoms with Crippen molar-refractivity contribution < 1.29 is 9.90 Å². The zero-order valence-electron chi connectivity index (χ0n) is 9.26. The van der Waals surface area contributed by atoms with Gasteiger partial charge in [0.1, 0.15) is 6.29 Å². The van der Waals surface area contributed by atoms with Gasteiger partial charge in [0.25, 0.3) is 0 Å². The first-order valence-corrected chi connectivity index (χ1v) is 5.32. The smallest absolute Gasteiger partial charge is 0.125 e. The Kier molecular flexibility index (Phi) is 4.50. The summed E-state index contributed by atoms with van der Waals surface area (Å²) in [6.07, 6.45) is 0.921. The molecule has 1 N–H and O–H groups in total. The number of aliphatic hydroxyl groups excluding tert-OH is 1. The van der Waals surface area contributed by atoms with Crippen LogP contribution < -0.4 is 0 Å². The summed E-state index contributed by atoms with van der Waals surface area (Å²) < 4.78 is 0. The van der Waals surface area contributed by atoms with E-state index in [4.69, 9.17) is 0 Å². The summed E-state index contributed by atoms with van der Waals surface area (Å²) >= 11 is 0. The number of rotatable bonds is 5. The minimum Gasteiger partial charge on any atom is -0.392 e. The SMILES string of the molecule is CC(C)[C@H](O)[C@@H](C=O)Cc1ccccc1. The zero-order valence-corrected chi connectivity index (χ0v) is 9.26. The van der Waals surface area contributed by atoms with E-state index < -0.39 is 6.10 Å². The van der Waals surface area contributed by atoms with Crippen LogP contribution >= 0.6 is 0 Å². The maximum Gasteiger partial charge on any atom is 0.125 e. The van der Waals surface area contributed by atoms with Gasteiger partial charge in [0, 0.05) is 5.92 Å². The molecule has 0 spiro atoms. The van der Waals surface area contributed by atoms with Crippen LogP contribution in [0.3, 0.4) is 0 Å². The highest BCUT2D eigenvalue weighted by atomic mass is 16.3. The Hall–Kier alpha value is -1.15. The quantitative estimate of drug-likeness (QED) is 0.749. The van der Waals surface area contributed by atoms with Crippen molar-refractivity contribution in [3.63, 3.8) is 0 Å². The highest BCUT2D eigenvalue weighted by Crippen LogP contribution is 2.16. The molecule has 0 saturated heterocycles. The number of hydrogen-bond donors (Lipinski definition) is 1. The van der Waals surface area contributed by atoms with Crippen LogP contribution in [0.1, 0.15) is 19.4 Å². The Balaban J connectivity index is 2.66. The van der Waals surface area contributed by atoms with Crippen molar-refractivity contribution in [2.75, 3.05) is 0 Å². The Morgan fingerprint density at radius 1 is 1.27 bits per heavy atom. The Morgan fingerprint density at radius 3 is 2.33 bits per heavy atom. The van der Waals surface area contributed by atoms with Crippen molar-refractivity contribution >= 4 is 6.29 Å². The number of hydrogen-bond acceptors (Lipinski definition) is 2. The first-order chi connectivity index (χ1) is 7.15. The van der Waals surface area contributed by atoms with E-state index in [0.29, 0.717) is 6.42 Å². The van der Waals surface area contributed by atoms with E-state index in [1.807, 2.05) is 44.2 Å². The summed E-state index contributed by atoms with van der Waals surface area (Å²) in [5, 5.41) is 9.82. The lowest BCUT2D eigenvalue weighted by Crippen LogP contribution is -2.28. The van der Waals surface area contributed by atoms with Gasteiger partial charge in [-0.2, -0.15) is 0 Å². The van der Waals surface area contributed by atoms with Crippen molar-refractivity contribution in [1.82, 2.24) is 0 Å². The van der Waals surface area contributed by atoms with Crippen molar-refractivity contribution in [2.24, 2.45) is 11.8 Å². The number of carbonyl (C=O) groups is 1. The molecule has 0 aliphatic heterocycles. The summed E-state index contributed by atoms with van der Waals surface area (Å²) in [5.74, 6) is -0.184. The normalized spacial score (nSPS) is 14.9. The molecule has 2 atom stereocenters. The highest BCUT2D eigenvalue weighted by Gasteiger charge is 2.21. The predicted octanol–water partition coefficient (Wildman–Crippen LogP) is 2.06. The van der Waals surface area contributed by atoms with Gasteiger partial charge in [-0.15, -0.1) is 0 Å². The molecule has 82 valence electrons. The lowest BCUT2D eigenvalue weighted by molar-refractivity contribution is -0.115. The fourth-order valence-electron chi connectivity index (χ4n) is 1.63. The molecular weight excluding hydrogens is 188 g/mol. The van der Waals surface area contributed by atoms with Crippen LogP contribution in [0.4, 0.5) is 0 Å². The second-order valence-electron chi connectivity index (χ2n) is 4.22. The maximum absolute atomic E-state index is 10.9. The van der Waals surface area contributed by atoms with Gasteiger partial charge in [-0.3, -0.25) is 0 Å². The molecule has 0 radical (unpaired) electrons. The Labute approximate surface area is 90.9 Å². The van der Waals surface area contributed by atoms with Crippen LogP contribution in [0.2, 0.25) is 0 Å². The summed E-state index contributed by atoms with van der Waals surface area (Å²) in [5.41, 5.74) is 1.09. The summed E-state index contributed by atoms with van der Waals surface area (Å²) in [6, 6.07) is 9.78. The van der Waals surface area contributed by atoms with Gasteiger partial charge in [0.15, 0.2) is 0 Å². The van der Waals surface area contributed by atoms with Crippen molar-refractivity contribution in [3.8, 4) is 0 Å². The molecule has 1 rings (SSSR count). The zero-order chi connectivity index (χ0) is 11.3. The summed E-state index contributed by atoms with van der Waals surface area (Å²) in [4.78, 5) is 10.9. The van der Waals surface area contributed by atoms with E-state index >= 15 is 0 Å². The van der Waals surface area contributed by atoms with Crippen LogP contribution in [-0.2, 0) is 11.2 Å². The number of aldehydes is 1. The Morgan fingerprint density at radius 2 is 1.87 bits per heavy atom. The minimum atomic E-state index is -0.553. The van der Waals surface area contributed by atoms with Gasteiger partial charge in [-0.1, -0.05) is 44.2 Å². The van der Waals surface area contributed by atoms with E-state index in [9.17, 15) is 9.90 Å². The molecule has 15 heavy (non-hydrogen) atoms. The molecular formula is C13H18O2. The third kappa shape index (κ3) is 3.48. The third-order valence-corrected chi connectivity index (χ3v) is 2.61. The van der Waals surface area contributed by atoms with Crippen LogP contribution in [0.5, 0.6) is 0 Å². The van der Waals surface area contributed by atoms with Gasteiger partial charge in [0.2, 0.25) is 0 Å². The van der Waals surface area contributed by atoms with Crippen molar-refractivity contribution in [2.45, 2.75) is 26.4 Å². The van der Waals surface area contributed by atoms with E-state index in [1.54, 1.807) is 0 Å².